The van der Waals surface area contributed by atoms with Gasteiger partial charge in [-0.2, -0.15) is 10.4 Å². The summed E-state index contributed by atoms with van der Waals surface area (Å²) in [5, 5.41) is 16.5. The molecule has 0 aliphatic heterocycles. The molecule has 9 heteroatoms. The van der Waals surface area contributed by atoms with Gasteiger partial charge in [0.25, 0.3) is 0 Å². The van der Waals surface area contributed by atoms with Crippen LogP contribution in [0, 0.1) is 11.3 Å². The molecular formula is C18H17F2N7. The molecule has 3 aromatic heterocycles. The van der Waals surface area contributed by atoms with E-state index in [-0.39, 0.29) is 18.9 Å². The smallest absolute Gasteiger partial charge is 0.248 e. The van der Waals surface area contributed by atoms with Crippen LogP contribution in [0.1, 0.15) is 31.2 Å². The van der Waals surface area contributed by atoms with E-state index in [0.29, 0.717) is 46.8 Å². The first kappa shape index (κ1) is 17.1. The lowest BCUT2D eigenvalue weighted by atomic mass is 9.92. The van der Waals surface area contributed by atoms with Gasteiger partial charge in [-0.25, -0.2) is 23.3 Å². The van der Waals surface area contributed by atoms with E-state index < -0.39 is 5.92 Å². The highest BCUT2D eigenvalue weighted by atomic mass is 19.3. The van der Waals surface area contributed by atoms with Crippen molar-refractivity contribution in [1.29, 1.82) is 5.26 Å². The molecule has 0 saturated heterocycles. The maximum atomic E-state index is 13.3. The number of nitrogen functional groups attached to an aromatic ring is 1. The fraction of sp³-hybridized carbons (Fsp3) is 0.333. The summed E-state index contributed by atoms with van der Waals surface area (Å²) >= 11 is 0. The Morgan fingerprint density at radius 3 is 2.81 bits per heavy atom. The van der Waals surface area contributed by atoms with E-state index in [9.17, 15) is 8.78 Å². The molecule has 3 N–H and O–H groups in total. The third-order valence-electron chi connectivity index (χ3n) is 4.77. The van der Waals surface area contributed by atoms with Crippen LogP contribution in [-0.4, -0.2) is 31.5 Å². The van der Waals surface area contributed by atoms with Crippen LogP contribution in [0.4, 0.5) is 20.3 Å². The third-order valence-corrected chi connectivity index (χ3v) is 4.77. The van der Waals surface area contributed by atoms with Gasteiger partial charge in [-0.05, 0) is 25.0 Å². The normalized spacial score (nSPS) is 16.9. The van der Waals surface area contributed by atoms with Gasteiger partial charge in [-0.15, -0.1) is 0 Å². The number of rotatable bonds is 3. The summed E-state index contributed by atoms with van der Waals surface area (Å²) in [5.74, 6) is -1.76. The minimum atomic E-state index is -2.59. The average Bonchev–Trinajstić information content (AvgIpc) is 3.08. The number of halogens is 2. The Morgan fingerprint density at radius 2 is 2.07 bits per heavy atom. The second-order valence-electron chi connectivity index (χ2n) is 6.69. The van der Waals surface area contributed by atoms with E-state index in [0.717, 1.165) is 0 Å². The summed E-state index contributed by atoms with van der Waals surface area (Å²) in [6.45, 7) is 0. The molecule has 0 aromatic carbocycles. The number of alkyl halides is 2. The molecule has 3 aromatic rings. The van der Waals surface area contributed by atoms with E-state index >= 15 is 0 Å². The Hall–Kier alpha value is -3.28. The summed E-state index contributed by atoms with van der Waals surface area (Å²) < 4.78 is 28.3. The first-order valence-electron chi connectivity index (χ1n) is 8.60. The molecule has 4 rings (SSSR count). The van der Waals surface area contributed by atoms with E-state index in [2.05, 4.69) is 26.5 Å². The Kier molecular flexibility index (Phi) is 4.11. The van der Waals surface area contributed by atoms with E-state index in [4.69, 9.17) is 11.0 Å². The van der Waals surface area contributed by atoms with Crippen molar-refractivity contribution in [2.75, 3.05) is 11.1 Å². The van der Waals surface area contributed by atoms with Crippen molar-refractivity contribution in [2.24, 2.45) is 0 Å². The van der Waals surface area contributed by atoms with Crippen LogP contribution in [0.5, 0.6) is 0 Å². The number of hydrogen-bond donors (Lipinski definition) is 2. The van der Waals surface area contributed by atoms with Gasteiger partial charge in [0.15, 0.2) is 11.6 Å². The molecule has 0 amide bonds. The largest absolute Gasteiger partial charge is 0.394 e. The lowest BCUT2D eigenvalue weighted by Gasteiger charge is -2.29. The van der Waals surface area contributed by atoms with E-state index in [1.165, 1.54) is 6.20 Å². The molecule has 0 spiro atoms. The van der Waals surface area contributed by atoms with Crippen LogP contribution >= 0.6 is 0 Å². The summed E-state index contributed by atoms with van der Waals surface area (Å²) in [4.78, 5) is 8.75. The van der Waals surface area contributed by atoms with Crippen molar-refractivity contribution in [2.45, 2.75) is 37.6 Å². The third kappa shape index (κ3) is 3.38. The minimum Gasteiger partial charge on any atom is -0.394 e. The molecule has 3 heterocycles. The zero-order chi connectivity index (χ0) is 19.0. The molecular weight excluding hydrogens is 352 g/mol. The Morgan fingerprint density at radius 1 is 1.30 bits per heavy atom. The highest BCUT2D eigenvalue weighted by Gasteiger charge is 2.35. The van der Waals surface area contributed by atoms with Crippen molar-refractivity contribution in [3.63, 3.8) is 0 Å². The maximum Gasteiger partial charge on any atom is 0.248 e. The predicted molar refractivity (Wildman–Crippen MR) is 96.2 cm³/mol. The summed E-state index contributed by atoms with van der Waals surface area (Å²) in [6, 6.07) is 5.36. The van der Waals surface area contributed by atoms with Crippen LogP contribution in [0.3, 0.4) is 0 Å². The van der Waals surface area contributed by atoms with Gasteiger partial charge in [0.05, 0.1) is 40.8 Å². The Balaban J connectivity index is 1.64. The number of nitrogens with one attached hydrogen (secondary N) is 1. The van der Waals surface area contributed by atoms with Crippen LogP contribution in [0.15, 0.2) is 30.7 Å². The lowest BCUT2D eigenvalue weighted by Crippen LogP contribution is -2.32. The topological polar surface area (TPSA) is 105 Å². The second kappa shape index (κ2) is 6.46. The zero-order valence-electron chi connectivity index (χ0n) is 14.4. The molecule has 7 nitrogen and oxygen atoms in total. The second-order valence-corrected chi connectivity index (χ2v) is 6.69. The first-order chi connectivity index (χ1) is 12.9. The van der Waals surface area contributed by atoms with Crippen LogP contribution in [-0.2, 0) is 0 Å². The molecule has 1 saturated carbocycles. The number of anilines is 2. The standard InChI is InChI=1S/C18H17F2N7/c19-18(20)4-1-12(2-5-18)25-17-14(22)10-23-16(26-17)13-9-24-27-6-3-11(8-21)7-15(13)27/h3,6-7,9-10,12H,1-2,4-5,22H2,(H,23,25,26). The SMILES string of the molecule is N#Cc1ccn2ncc(-c3ncc(N)c(NC4CCC(F)(F)CC4)n3)c2c1. The number of nitrogens with zero attached hydrogens (tertiary/aromatic N) is 5. The van der Waals surface area contributed by atoms with Crippen molar-refractivity contribution in [1.82, 2.24) is 19.6 Å². The number of hydrogen-bond acceptors (Lipinski definition) is 6. The van der Waals surface area contributed by atoms with Crippen LogP contribution in [0.25, 0.3) is 16.9 Å². The molecule has 27 heavy (non-hydrogen) atoms. The van der Waals surface area contributed by atoms with Gasteiger partial charge in [0.2, 0.25) is 5.92 Å². The average molecular weight is 369 g/mol. The molecule has 0 unspecified atom stereocenters. The molecule has 1 fully saturated rings. The highest BCUT2D eigenvalue weighted by Crippen LogP contribution is 2.35. The van der Waals surface area contributed by atoms with Gasteiger partial charge in [-0.1, -0.05) is 0 Å². The molecule has 1 aliphatic rings. The number of nitriles is 1. The fourth-order valence-electron chi connectivity index (χ4n) is 3.24. The minimum absolute atomic E-state index is 0.108. The molecule has 0 bridgehead atoms. The number of pyridine rings is 1. The number of nitrogens with two attached hydrogens (primary N) is 1. The van der Waals surface area contributed by atoms with E-state index in [1.54, 1.807) is 29.0 Å². The maximum absolute atomic E-state index is 13.3. The van der Waals surface area contributed by atoms with Crippen molar-refractivity contribution in [3.05, 3.63) is 36.3 Å². The molecule has 138 valence electrons. The predicted octanol–water partition coefficient (Wildman–Crippen LogP) is 3.23. The molecule has 1 aliphatic carbocycles. The fourth-order valence-corrected chi connectivity index (χ4v) is 3.24. The highest BCUT2D eigenvalue weighted by molar-refractivity contribution is 5.78. The molecule has 0 radical (unpaired) electrons. The van der Waals surface area contributed by atoms with Gasteiger partial charge in [-0.3, -0.25) is 0 Å². The quantitative estimate of drug-likeness (QED) is 0.734. The number of aromatic nitrogens is 4. The lowest BCUT2D eigenvalue weighted by molar-refractivity contribution is -0.0361. The molecule has 0 atom stereocenters. The summed E-state index contributed by atoms with van der Waals surface area (Å²) in [5.41, 5.74) is 8.18. The van der Waals surface area contributed by atoms with E-state index in [1.807, 2.05) is 0 Å². The number of fused-ring (bicyclic) bond motifs is 1. The summed E-state index contributed by atoms with van der Waals surface area (Å²) in [6.07, 6.45) is 5.21. The first-order valence-corrected chi connectivity index (χ1v) is 8.60. The monoisotopic (exact) mass is 369 g/mol. The van der Waals surface area contributed by atoms with Crippen LogP contribution in [0.2, 0.25) is 0 Å². The van der Waals surface area contributed by atoms with Gasteiger partial charge in [0, 0.05) is 25.1 Å². The van der Waals surface area contributed by atoms with Crippen LogP contribution < -0.4 is 11.1 Å². The summed E-state index contributed by atoms with van der Waals surface area (Å²) in [7, 11) is 0. The van der Waals surface area contributed by atoms with Gasteiger partial charge >= 0.3 is 0 Å². The van der Waals surface area contributed by atoms with Crippen molar-refractivity contribution < 1.29 is 8.78 Å². The Bertz CT molecular complexity index is 1030. The Labute approximate surface area is 153 Å². The van der Waals surface area contributed by atoms with Crippen molar-refractivity contribution >= 4 is 17.0 Å². The van der Waals surface area contributed by atoms with Gasteiger partial charge in [0.1, 0.15) is 0 Å². The van der Waals surface area contributed by atoms with Crippen molar-refractivity contribution in [3.8, 4) is 17.5 Å². The van der Waals surface area contributed by atoms with Gasteiger partial charge < -0.3 is 11.1 Å². The zero-order valence-corrected chi connectivity index (χ0v) is 14.4.